The van der Waals surface area contributed by atoms with Gasteiger partial charge in [0.1, 0.15) is 5.82 Å². The molecule has 0 bridgehead atoms. The minimum Gasteiger partial charge on any atom is -0.399 e. The van der Waals surface area contributed by atoms with Crippen molar-refractivity contribution in [3.05, 3.63) is 51.2 Å². The van der Waals surface area contributed by atoms with Crippen LogP contribution in [-0.4, -0.2) is 20.2 Å². The van der Waals surface area contributed by atoms with Gasteiger partial charge in [-0.25, -0.2) is 4.39 Å². The normalized spacial score (nSPS) is 10.8. The summed E-state index contributed by atoms with van der Waals surface area (Å²) in [4.78, 5) is 0. The molecule has 106 valence electrons. The number of anilines is 1. The monoisotopic (exact) mass is 411 g/mol. The van der Waals surface area contributed by atoms with Gasteiger partial charge < -0.3 is 5.73 Å². The Morgan fingerprint density at radius 2 is 1.90 bits per heavy atom. The number of halogens is 3. The highest BCUT2D eigenvalue weighted by Gasteiger charge is 2.16. The predicted molar refractivity (Wildman–Crippen MR) is 84.4 cm³/mol. The van der Waals surface area contributed by atoms with Crippen LogP contribution in [0.15, 0.2) is 45.3 Å². The molecule has 0 spiro atoms. The van der Waals surface area contributed by atoms with E-state index in [2.05, 4.69) is 47.4 Å². The van der Waals surface area contributed by atoms with Crippen LogP contribution in [0.5, 0.6) is 0 Å². The Morgan fingerprint density at radius 1 is 1.10 bits per heavy atom. The summed E-state index contributed by atoms with van der Waals surface area (Å²) in [6, 6.07) is 9.96. The first-order chi connectivity index (χ1) is 10.1. The Hall–Kier alpha value is -1.80. The lowest BCUT2D eigenvalue weighted by molar-refractivity contribution is 0.629. The van der Waals surface area contributed by atoms with Crippen molar-refractivity contribution in [2.45, 2.75) is 0 Å². The fourth-order valence-corrected chi connectivity index (χ4v) is 2.64. The van der Waals surface area contributed by atoms with E-state index in [1.807, 2.05) is 18.2 Å². The molecule has 0 unspecified atom stereocenters. The van der Waals surface area contributed by atoms with Crippen molar-refractivity contribution in [2.75, 3.05) is 5.73 Å². The lowest BCUT2D eigenvalue weighted by Crippen LogP contribution is -2.02. The van der Waals surface area contributed by atoms with Gasteiger partial charge in [-0.2, -0.15) is 4.68 Å². The second-order valence-electron chi connectivity index (χ2n) is 4.25. The van der Waals surface area contributed by atoms with Gasteiger partial charge >= 0.3 is 0 Å². The van der Waals surface area contributed by atoms with Crippen molar-refractivity contribution in [1.29, 1.82) is 0 Å². The molecule has 5 nitrogen and oxygen atoms in total. The molecule has 0 atom stereocenters. The van der Waals surface area contributed by atoms with Crippen LogP contribution in [-0.2, 0) is 0 Å². The van der Waals surface area contributed by atoms with E-state index in [9.17, 15) is 4.39 Å². The van der Waals surface area contributed by atoms with Crippen LogP contribution >= 0.6 is 31.9 Å². The molecule has 3 rings (SSSR count). The summed E-state index contributed by atoms with van der Waals surface area (Å²) in [6.45, 7) is 0. The van der Waals surface area contributed by atoms with Gasteiger partial charge in [0.2, 0.25) is 0 Å². The van der Waals surface area contributed by atoms with Crippen LogP contribution in [0.3, 0.4) is 0 Å². The highest BCUT2D eigenvalue weighted by atomic mass is 79.9. The van der Waals surface area contributed by atoms with Crippen LogP contribution in [0, 0.1) is 5.82 Å². The smallest absolute Gasteiger partial charge is 0.190 e. The first-order valence-electron chi connectivity index (χ1n) is 5.85. The molecular formula is C13H8Br2FN5. The number of benzene rings is 2. The lowest BCUT2D eigenvalue weighted by atomic mass is 10.2. The standard InChI is InChI=1S/C13H8Br2FN5/c14-7-1-4-10(15)12(5-7)21-13(18-19-20-21)9-3-2-8(17)6-11(9)16/h1-6H,17H2. The lowest BCUT2D eigenvalue weighted by Gasteiger charge is -2.08. The highest BCUT2D eigenvalue weighted by Crippen LogP contribution is 2.29. The topological polar surface area (TPSA) is 69.6 Å². The second kappa shape index (κ2) is 5.53. The number of rotatable bonds is 2. The van der Waals surface area contributed by atoms with Crippen molar-refractivity contribution in [3.8, 4) is 17.1 Å². The van der Waals surface area contributed by atoms with Crippen LogP contribution in [0.1, 0.15) is 0 Å². The zero-order chi connectivity index (χ0) is 15.0. The third kappa shape index (κ3) is 2.68. The Kier molecular flexibility index (Phi) is 3.73. The maximum atomic E-state index is 14.1. The van der Waals surface area contributed by atoms with Gasteiger partial charge in [-0.3, -0.25) is 0 Å². The van der Waals surface area contributed by atoms with E-state index in [0.717, 1.165) is 8.95 Å². The first-order valence-corrected chi connectivity index (χ1v) is 7.44. The zero-order valence-corrected chi connectivity index (χ0v) is 13.6. The van der Waals surface area contributed by atoms with Gasteiger partial charge in [-0.15, -0.1) is 5.10 Å². The van der Waals surface area contributed by atoms with Crippen LogP contribution in [0.2, 0.25) is 0 Å². The Bertz CT molecular complexity index is 818. The van der Waals surface area contributed by atoms with E-state index in [-0.39, 0.29) is 5.56 Å². The van der Waals surface area contributed by atoms with Crippen molar-refractivity contribution in [3.63, 3.8) is 0 Å². The number of nitrogens with two attached hydrogens (primary N) is 1. The fraction of sp³-hybridized carbons (Fsp3) is 0. The molecule has 0 fully saturated rings. The molecular weight excluding hydrogens is 405 g/mol. The second-order valence-corrected chi connectivity index (χ2v) is 6.02. The molecule has 21 heavy (non-hydrogen) atoms. The minimum absolute atomic E-state index is 0.279. The van der Waals surface area contributed by atoms with E-state index in [0.29, 0.717) is 17.2 Å². The molecule has 0 aliphatic carbocycles. The summed E-state index contributed by atoms with van der Waals surface area (Å²) in [5.41, 5.74) is 6.88. The third-order valence-electron chi connectivity index (χ3n) is 2.84. The van der Waals surface area contributed by atoms with E-state index < -0.39 is 5.82 Å². The van der Waals surface area contributed by atoms with Crippen LogP contribution in [0.25, 0.3) is 17.1 Å². The average Bonchev–Trinajstić information content (AvgIpc) is 2.90. The number of hydrogen-bond donors (Lipinski definition) is 1. The maximum Gasteiger partial charge on any atom is 0.190 e. The van der Waals surface area contributed by atoms with Gasteiger partial charge in [0.25, 0.3) is 0 Å². The molecule has 0 radical (unpaired) electrons. The highest BCUT2D eigenvalue weighted by molar-refractivity contribution is 9.11. The summed E-state index contributed by atoms with van der Waals surface area (Å²) in [7, 11) is 0. The average molecular weight is 413 g/mol. The van der Waals surface area contributed by atoms with E-state index in [1.165, 1.54) is 10.7 Å². The van der Waals surface area contributed by atoms with E-state index in [1.54, 1.807) is 12.1 Å². The zero-order valence-electron chi connectivity index (χ0n) is 10.5. The number of tetrazole rings is 1. The number of hydrogen-bond acceptors (Lipinski definition) is 4. The SMILES string of the molecule is Nc1ccc(-c2nnnn2-c2cc(Br)ccc2Br)c(F)c1. The number of aromatic nitrogens is 4. The molecule has 0 saturated carbocycles. The summed E-state index contributed by atoms with van der Waals surface area (Å²) in [5, 5.41) is 11.5. The Balaban J connectivity index is 2.19. The summed E-state index contributed by atoms with van der Waals surface area (Å²) < 4.78 is 17.2. The van der Waals surface area contributed by atoms with Crippen LogP contribution < -0.4 is 5.73 Å². The Labute approximate surface area is 136 Å². The van der Waals surface area contributed by atoms with Gasteiger partial charge in [0.05, 0.1) is 11.3 Å². The van der Waals surface area contributed by atoms with Crippen molar-refractivity contribution in [1.82, 2.24) is 20.2 Å². The molecule has 3 aromatic rings. The van der Waals surface area contributed by atoms with E-state index >= 15 is 0 Å². The predicted octanol–water partition coefficient (Wildman–Crippen LogP) is 3.58. The van der Waals surface area contributed by atoms with Crippen molar-refractivity contribution in [2.24, 2.45) is 0 Å². The fourth-order valence-electron chi connectivity index (χ4n) is 1.88. The molecule has 0 saturated heterocycles. The molecule has 1 aromatic heterocycles. The molecule has 1 heterocycles. The quantitative estimate of drug-likeness (QED) is 0.653. The van der Waals surface area contributed by atoms with Crippen molar-refractivity contribution < 1.29 is 4.39 Å². The largest absolute Gasteiger partial charge is 0.399 e. The maximum absolute atomic E-state index is 14.1. The first kappa shape index (κ1) is 14.2. The van der Waals surface area contributed by atoms with Gasteiger partial charge in [-0.1, -0.05) is 15.9 Å². The van der Waals surface area contributed by atoms with Crippen molar-refractivity contribution >= 4 is 37.5 Å². The molecule has 2 N–H and O–H groups in total. The van der Waals surface area contributed by atoms with Gasteiger partial charge in [0, 0.05) is 14.6 Å². The minimum atomic E-state index is -0.475. The van der Waals surface area contributed by atoms with Crippen LogP contribution in [0.4, 0.5) is 10.1 Å². The molecule has 2 aromatic carbocycles. The molecule has 0 aliphatic rings. The van der Waals surface area contributed by atoms with Gasteiger partial charge in [0.15, 0.2) is 5.82 Å². The third-order valence-corrected chi connectivity index (χ3v) is 4.00. The summed E-state index contributed by atoms with van der Waals surface area (Å²) in [5.74, 6) is -0.177. The molecule has 8 heteroatoms. The molecule has 0 amide bonds. The van der Waals surface area contributed by atoms with E-state index in [4.69, 9.17) is 5.73 Å². The molecule has 0 aliphatic heterocycles. The number of nitrogens with zero attached hydrogens (tertiary/aromatic N) is 4. The van der Waals surface area contributed by atoms with Gasteiger partial charge in [-0.05, 0) is 62.8 Å². The Morgan fingerprint density at radius 3 is 2.67 bits per heavy atom. The number of nitrogen functional groups attached to an aromatic ring is 1. The summed E-state index contributed by atoms with van der Waals surface area (Å²) >= 11 is 6.83. The summed E-state index contributed by atoms with van der Waals surface area (Å²) in [6.07, 6.45) is 0.